The minimum absolute atomic E-state index is 0.0644. The molecule has 0 aliphatic rings. The van der Waals surface area contributed by atoms with Crippen LogP contribution in [0.15, 0.2) is 18.2 Å². The normalized spacial score (nSPS) is 10.4. The smallest absolute Gasteiger partial charge is 0.245 e. The Morgan fingerprint density at radius 2 is 2.21 bits per heavy atom. The maximum Gasteiger partial charge on any atom is 0.245 e. The van der Waals surface area contributed by atoms with Gasteiger partial charge < -0.3 is 5.73 Å². The third-order valence-electron chi connectivity index (χ3n) is 1.82. The fraction of sp³-hybridized carbons (Fsp3) is 0.125. The summed E-state index contributed by atoms with van der Waals surface area (Å²) in [7, 11) is 0. The molecule has 0 saturated heterocycles. The molecule has 1 heterocycles. The summed E-state index contributed by atoms with van der Waals surface area (Å²) in [6.45, 7) is 1.85. The van der Waals surface area contributed by atoms with E-state index in [1.807, 2.05) is 6.92 Å². The molecule has 0 bridgehead atoms. The molecule has 0 spiro atoms. The number of halogens is 1. The molecule has 1 aromatic heterocycles. The van der Waals surface area contributed by atoms with Gasteiger partial charge in [-0.3, -0.25) is 0 Å². The first-order chi connectivity index (χ1) is 6.68. The molecule has 1 aromatic carbocycles. The molecular formula is C8H8FN5. The molecule has 2 N–H and O–H groups in total. The van der Waals surface area contributed by atoms with Crippen LogP contribution in [0.4, 0.5) is 10.3 Å². The molecule has 0 saturated carbocycles. The molecular weight excluding hydrogens is 185 g/mol. The highest BCUT2D eigenvalue weighted by Gasteiger charge is 2.09. The average molecular weight is 193 g/mol. The van der Waals surface area contributed by atoms with E-state index in [0.717, 1.165) is 10.2 Å². The Labute approximate surface area is 79.3 Å². The lowest BCUT2D eigenvalue weighted by atomic mass is 10.2. The van der Waals surface area contributed by atoms with Crippen molar-refractivity contribution in [2.45, 2.75) is 6.92 Å². The maximum absolute atomic E-state index is 13.3. The summed E-state index contributed by atoms with van der Waals surface area (Å²) in [4.78, 5) is 0. The van der Waals surface area contributed by atoms with Crippen LogP contribution in [0.3, 0.4) is 0 Å². The van der Waals surface area contributed by atoms with Gasteiger partial charge in [0.1, 0.15) is 11.5 Å². The summed E-state index contributed by atoms with van der Waals surface area (Å²) in [5, 5.41) is 10.4. The van der Waals surface area contributed by atoms with Crippen molar-refractivity contribution in [2.24, 2.45) is 0 Å². The topological polar surface area (TPSA) is 69.6 Å². The van der Waals surface area contributed by atoms with Gasteiger partial charge in [0, 0.05) is 0 Å². The highest BCUT2D eigenvalue weighted by molar-refractivity contribution is 5.40. The molecule has 0 atom stereocenters. The van der Waals surface area contributed by atoms with Crippen molar-refractivity contribution in [3.8, 4) is 5.69 Å². The van der Waals surface area contributed by atoms with Crippen LogP contribution in [0.1, 0.15) is 5.56 Å². The minimum Gasteiger partial charge on any atom is -0.366 e. The molecule has 72 valence electrons. The molecule has 0 fully saturated rings. The first kappa shape index (κ1) is 8.61. The standard InChI is InChI=1S/C8H8FN5/c1-5-2-3-6(9)7(4-5)14-8(10)11-12-13-14/h2-4H,1H3,(H2,10,11,13). The number of benzene rings is 1. The lowest BCUT2D eigenvalue weighted by Gasteiger charge is -2.03. The zero-order chi connectivity index (χ0) is 10.1. The van der Waals surface area contributed by atoms with E-state index in [-0.39, 0.29) is 11.6 Å². The molecule has 0 unspecified atom stereocenters. The van der Waals surface area contributed by atoms with Crippen molar-refractivity contribution < 1.29 is 4.39 Å². The lowest BCUT2D eigenvalue weighted by Crippen LogP contribution is -2.05. The number of nitrogens with zero attached hydrogens (tertiary/aromatic N) is 4. The van der Waals surface area contributed by atoms with Gasteiger partial charge in [-0.2, -0.15) is 4.68 Å². The largest absolute Gasteiger partial charge is 0.366 e. The minimum atomic E-state index is -0.408. The van der Waals surface area contributed by atoms with Crippen molar-refractivity contribution in [3.63, 3.8) is 0 Å². The predicted molar refractivity (Wildman–Crippen MR) is 48.3 cm³/mol. The van der Waals surface area contributed by atoms with Crippen LogP contribution >= 0.6 is 0 Å². The quantitative estimate of drug-likeness (QED) is 0.723. The second-order valence-electron chi connectivity index (χ2n) is 2.90. The van der Waals surface area contributed by atoms with Crippen LogP contribution in [-0.2, 0) is 0 Å². The number of hydrogen-bond donors (Lipinski definition) is 1. The van der Waals surface area contributed by atoms with Crippen molar-refractivity contribution in [2.75, 3.05) is 5.73 Å². The van der Waals surface area contributed by atoms with E-state index >= 15 is 0 Å². The number of aromatic nitrogens is 4. The Hall–Kier alpha value is -1.98. The van der Waals surface area contributed by atoms with Crippen LogP contribution in [0.5, 0.6) is 0 Å². The van der Waals surface area contributed by atoms with E-state index in [1.165, 1.54) is 6.07 Å². The van der Waals surface area contributed by atoms with Gasteiger partial charge in [0.2, 0.25) is 5.95 Å². The lowest BCUT2D eigenvalue weighted by molar-refractivity contribution is 0.607. The Morgan fingerprint density at radius 1 is 1.43 bits per heavy atom. The van der Waals surface area contributed by atoms with Crippen LogP contribution in [0.25, 0.3) is 5.69 Å². The van der Waals surface area contributed by atoms with Gasteiger partial charge in [-0.25, -0.2) is 4.39 Å². The van der Waals surface area contributed by atoms with E-state index in [1.54, 1.807) is 12.1 Å². The third kappa shape index (κ3) is 1.30. The number of anilines is 1. The van der Waals surface area contributed by atoms with Crippen LogP contribution < -0.4 is 5.73 Å². The second kappa shape index (κ2) is 3.06. The Bertz CT molecular complexity index is 465. The Kier molecular flexibility index (Phi) is 1.88. The van der Waals surface area contributed by atoms with Crippen LogP contribution in [-0.4, -0.2) is 20.2 Å². The number of rotatable bonds is 1. The van der Waals surface area contributed by atoms with E-state index in [2.05, 4.69) is 15.5 Å². The average Bonchev–Trinajstić information content (AvgIpc) is 2.56. The summed E-state index contributed by atoms with van der Waals surface area (Å²) < 4.78 is 14.5. The first-order valence-corrected chi connectivity index (χ1v) is 3.99. The van der Waals surface area contributed by atoms with E-state index in [9.17, 15) is 4.39 Å². The molecule has 6 heteroatoms. The summed E-state index contributed by atoms with van der Waals surface area (Å²) in [5.74, 6) is -0.343. The van der Waals surface area contributed by atoms with Crippen molar-refractivity contribution >= 4 is 5.95 Å². The number of hydrogen-bond acceptors (Lipinski definition) is 4. The zero-order valence-electron chi connectivity index (χ0n) is 7.48. The fourth-order valence-corrected chi connectivity index (χ4v) is 1.15. The maximum atomic E-state index is 13.3. The van der Waals surface area contributed by atoms with Gasteiger partial charge >= 0.3 is 0 Å². The molecule has 0 amide bonds. The summed E-state index contributed by atoms with van der Waals surface area (Å²) >= 11 is 0. The van der Waals surface area contributed by atoms with Crippen LogP contribution in [0, 0.1) is 12.7 Å². The molecule has 2 aromatic rings. The first-order valence-electron chi connectivity index (χ1n) is 3.99. The predicted octanol–water partition coefficient (Wildman–Crippen LogP) is 0.692. The van der Waals surface area contributed by atoms with Gasteiger partial charge in [-0.05, 0) is 35.0 Å². The third-order valence-corrected chi connectivity index (χ3v) is 1.82. The van der Waals surface area contributed by atoms with Crippen molar-refractivity contribution in [1.29, 1.82) is 0 Å². The van der Waals surface area contributed by atoms with E-state index in [0.29, 0.717) is 0 Å². The van der Waals surface area contributed by atoms with Gasteiger partial charge in [-0.15, -0.1) is 0 Å². The molecule has 5 nitrogen and oxygen atoms in total. The number of tetrazole rings is 1. The SMILES string of the molecule is Cc1ccc(F)c(-n2nnnc2N)c1. The van der Waals surface area contributed by atoms with Crippen molar-refractivity contribution in [1.82, 2.24) is 20.2 Å². The number of nitrogen functional groups attached to an aromatic ring is 1. The van der Waals surface area contributed by atoms with Gasteiger partial charge in [-0.1, -0.05) is 11.2 Å². The Balaban J connectivity index is 2.62. The summed E-state index contributed by atoms with van der Waals surface area (Å²) in [5.41, 5.74) is 6.62. The highest BCUT2D eigenvalue weighted by Crippen LogP contribution is 2.15. The monoisotopic (exact) mass is 193 g/mol. The fourth-order valence-electron chi connectivity index (χ4n) is 1.15. The Morgan fingerprint density at radius 3 is 2.86 bits per heavy atom. The summed E-state index contributed by atoms with van der Waals surface area (Å²) in [6.07, 6.45) is 0. The van der Waals surface area contributed by atoms with E-state index in [4.69, 9.17) is 5.73 Å². The van der Waals surface area contributed by atoms with Gasteiger partial charge in [0.15, 0.2) is 0 Å². The molecule has 0 radical (unpaired) electrons. The molecule has 0 aliphatic carbocycles. The van der Waals surface area contributed by atoms with Gasteiger partial charge in [0.05, 0.1) is 0 Å². The molecule has 0 aliphatic heterocycles. The van der Waals surface area contributed by atoms with Crippen molar-refractivity contribution in [3.05, 3.63) is 29.6 Å². The second-order valence-corrected chi connectivity index (χ2v) is 2.90. The number of aryl methyl sites for hydroxylation is 1. The molecule has 14 heavy (non-hydrogen) atoms. The number of nitrogens with two attached hydrogens (primary N) is 1. The van der Waals surface area contributed by atoms with Crippen LogP contribution in [0.2, 0.25) is 0 Å². The van der Waals surface area contributed by atoms with E-state index < -0.39 is 5.82 Å². The van der Waals surface area contributed by atoms with Gasteiger partial charge in [0.25, 0.3) is 0 Å². The highest BCUT2D eigenvalue weighted by atomic mass is 19.1. The zero-order valence-corrected chi connectivity index (χ0v) is 7.48. The molecule has 2 rings (SSSR count). The summed E-state index contributed by atoms with van der Waals surface area (Å²) in [6, 6.07) is 4.65.